The third-order valence-electron chi connectivity index (χ3n) is 3.82. The predicted molar refractivity (Wildman–Crippen MR) is 96.7 cm³/mol. The highest BCUT2D eigenvalue weighted by Crippen LogP contribution is 2.24. The van der Waals surface area contributed by atoms with Crippen molar-refractivity contribution in [2.75, 3.05) is 26.5 Å². The highest BCUT2D eigenvalue weighted by atomic mass is 16.5. The first-order valence-corrected chi connectivity index (χ1v) is 7.91. The van der Waals surface area contributed by atoms with Crippen molar-refractivity contribution in [1.29, 1.82) is 0 Å². The van der Waals surface area contributed by atoms with Crippen LogP contribution < -0.4 is 10.1 Å². The first-order valence-electron chi connectivity index (χ1n) is 7.91. The molecule has 0 unspecified atom stereocenters. The number of aryl methyl sites for hydroxylation is 1. The molecule has 8 nitrogen and oxygen atoms in total. The smallest absolute Gasteiger partial charge is 0.261 e. The van der Waals surface area contributed by atoms with Gasteiger partial charge in [0.15, 0.2) is 5.65 Å². The molecule has 0 atom stereocenters. The highest BCUT2D eigenvalue weighted by Gasteiger charge is 2.18. The number of rotatable bonds is 4. The van der Waals surface area contributed by atoms with Gasteiger partial charge in [0.1, 0.15) is 11.3 Å². The third kappa shape index (κ3) is 3.21. The highest BCUT2D eigenvalue weighted by molar-refractivity contribution is 6.08. The lowest BCUT2D eigenvalue weighted by molar-refractivity contribution is 0.0824. The summed E-state index contributed by atoms with van der Waals surface area (Å²) in [5, 5.41) is 6.93. The van der Waals surface area contributed by atoms with Gasteiger partial charge >= 0.3 is 0 Å². The topological polar surface area (TPSA) is 88.8 Å². The van der Waals surface area contributed by atoms with Gasteiger partial charge in [0, 0.05) is 32.2 Å². The Balaban J connectivity index is 1.91. The maximum absolute atomic E-state index is 12.6. The molecule has 3 rings (SSSR count). The van der Waals surface area contributed by atoms with E-state index in [0.29, 0.717) is 28.2 Å². The quantitative estimate of drug-likeness (QED) is 0.775. The largest absolute Gasteiger partial charge is 0.496 e. The maximum Gasteiger partial charge on any atom is 0.261 e. The van der Waals surface area contributed by atoms with Crippen molar-refractivity contribution < 1.29 is 14.3 Å². The number of nitrogens with one attached hydrogen (secondary N) is 1. The molecule has 134 valence electrons. The summed E-state index contributed by atoms with van der Waals surface area (Å²) >= 11 is 0. The Labute approximate surface area is 150 Å². The zero-order valence-electron chi connectivity index (χ0n) is 15.0. The number of nitrogens with zero attached hydrogens (tertiary/aromatic N) is 4. The predicted octanol–water partition coefficient (Wildman–Crippen LogP) is 2.00. The van der Waals surface area contributed by atoms with Gasteiger partial charge < -0.3 is 15.0 Å². The second kappa shape index (κ2) is 6.83. The van der Waals surface area contributed by atoms with Gasteiger partial charge in [-0.25, -0.2) is 9.50 Å². The fourth-order valence-electron chi connectivity index (χ4n) is 2.52. The zero-order chi connectivity index (χ0) is 18.8. The first-order chi connectivity index (χ1) is 12.4. The molecule has 0 saturated carbocycles. The summed E-state index contributed by atoms with van der Waals surface area (Å²) in [6, 6.07) is 4.90. The molecule has 2 heterocycles. The molecule has 0 fully saturated rings. The van der Waals surface area contributed by atoms with Gasteiger partial charge in [-0.3, -0.25) is 9.59 Å². The molecular weight excluding hydrogens is 334 g/mol. The van der Waals surface area contributed by atoms with Gasteiger partial charge in [0.2, 0.25) is 0 Å². The minimum Gasteiger partial charge on any atom is -0.496 e. The van der Waals surface area contributed by atoms with E-state index >= 15 is 0 Å². The van der Waals surface area contributed by atoms with Gasteiger partial charge in [-0.15, -0.1) is 0 Å². The van der Waals surface area contributed by atoms with Crippen LogP contribution in [0.5, 0.6) is 5.75 Å². The number of fused-ring (bicyclic) bond motifs is 1. The van der Waals surface area contributed by atoms with Gasteiger partial charge in [-0.05, 0) is 30.7 Å². The van der Waals surface area contributed by atoms with E-state index in [0.717, 1.165) is 5.56 Å². The fourth-order valence-corrected chi connectivity index (χ4v) is 2.52. The van der Waals surface area contributed by atoms with Crippen LogP contribution in [-0.4, -0.2) is 52.5 Å². The Morgan fingerprint density at radius 1 is 1.19 bits per heavy atom. The van der Waals surface area contributed by atoms with Crippen LogP contribution in [0.15, 0.2) is 36.8 Å². The van der Waals surface area contributed by atoms with Gasteiger partial charge in [-0.2, -0.15) is 5.10 Å². The van der Waals surface area contributed by atoms with Gasteiger partial charge in [0.05, 0.1) is 18.9 Å². The Hall–Kier alpha value is -3.42. The lowest BCUT2D eigenvalue weighted by atomic mass is 10.1. The summed E-state index contributed by atoms with van der Waals surface area (Å²) in [7, 11) is 4.80. The molecule has 0 spiro atoms. The number of hydrogen-bond donors (Lipinski definition) is 1. The minimum absolute atomic E-state index is 0.217. The van der Waals surface area contributed by atoms with Crippen molar-refractivity contribution in [3.05, 3.63) is 53.5 Å². The Morgan fingerprint density at radius 3 is 2.65 bits per heavy atom. The number of carbonyl (C=O) groups is 2. The van der Waals surface area contributed by atoms with Crippen molar-refractivity contribution in [2.45, 2.75) is 6.92 Å². The van der Waals surface area contributed by atoms with E-state index in [2.05, 4.69) is 15.4 Å². The van der Waals surface area contributed by atoms with E-state index in [-0.39, 0.29) is 11.8 Å². The normalized spacial score (nSPS) is 10.6. The van der Waals surface area contributed by atoms with E-state index < -0.39 is 0 Å². The fraction of sp³-hybridized carbons (Fsp3) is 0.222. The summed E-state index contributed by atoms with van der Waals surface area (Å²) in [5.74, 6) is -0.134. The van der Waals surface area contributed by atoms with E-state index in [9.17, 15) is 9.59 Å². The van der Waals surface area contributed by atoms with Crippen LogP contribution in [-0.2, 0) is 0 Å². The van der Waals surface area contributed by atoms with Crippen LogP contribution in [0, 0.1) is 6.92 Å². The van der Waals surface area contributed by atoms with Gasteiger partial charge in [-0.1, -0.05) is 0 Å². The number of aromatic nitrogens is 3. The van der Waals surface area contributed by atoms with E-state index in [1.54, 1.807) is 49.2 Å². The molecule has 2 aromatic heterocycles. The number of methoxy groups -OCH3 is 1. The summed E-state index contributed by atoms with van der Waals surface area (Å²) in [4.78, 5) is 30.6. The molecule has 1 aromatic carbocycles. The molecule has 0 bridgehead atoms. The monoisotopic (exact) mass is 353 g/mol. The number of hydrogen-bond acceptors (Lipinski definition) is 5. The van der Waals surface area contributed by atoms with Crippen molar-refractivity contribution in [2.24, 2.45) is 0 Å². The van der Waals surface area contributed by atoms with Gasteiger partial charge in [0.25, 0.3) is 11.8 Å². The standard InChI is InChI=1S/C18H19N5O3/c1-11-8-19-16-14(9-20-23(16)10-11)17(24)21-12-5-6-15(26-4)13(7-12)18(25)22(2)3/h5-10H,1-4H3,(H,21,24). The molecule has 8 heteroatoms. The van der Waals surface area contributed by atoms with Crippen LogP contribution in [0.4, 0.5) is 5.69 Å². The lowest BCUT2D eigenvalue weighted by Gasteiger charge is -2.15. The average Bonchev–Trinajstić information content (AvgIpc) is 3.03. The lowest BCUT2D eigenvalue weighted by Crippen LogP contribution is -2.22. The number of anilines is 1. The summed E-state index contributed by atoms with van der Waals surface area (Å²) in [5.41, 5.74) is 2.60. The first kappa shape index (κ1) is 17.4. The Kier molecular flexibility index (Phi) is 4.57. The second-order valence-corrected chi connectivity index (χ2v) is 6.03. The van der Waals surface area contributed by atoms with E-state index in [4.69, 9.17) is 4.74 Å². The van der Waals surface area contributed by atoms with Crippen molar-refractivity contribution in [3.63, 3.8) is 0 Å². The number of amides is 2. The minimum atomic E-state index is -0.357. The second-order valence-electron chi connectivity index (χ2n) is 6.03. The maximum atomic E-state index is 12.6. The summed E-state index contributed by atoms with van der Waals surface area (Å²) in [6.45, 7) is 1.90. The SMILES string of the molecule is COc1ccc(NC(=O)c2cnn3cc(C)cnc23)cc1C(=O)N(C)C. The third-order valence-corrected chi connectivity index (χ3v) is 3.82. The Bertz CT molecular complexity index is 994. The number of ether oxygens (including phenoxy) is 1. The number of carbonyl (C=O) groups excluding carboxylic acids is 2. The molecule has 0 aliphatic rings. The molecule has 2 amide bonds. The van der Waals surface area contributed by atoms with Crippen molar-refractivity contribution >= 4 is 23.1 Å². The van der Waals surface area contributed by atoms with Crippen molar-refractivity contribution in [3.8, 4) is 5.75 Å². The Morgan fingerprint density at radius 2 is 1.96 bits per heavy atom. The van der Waals surface area contributed by atoms with Crippen molar-refractivity contribution in [1.82, 2.24) is 19.5 Å². The molecule has 0 aliphatic heterocycles. The molecule has 1 N–H and O–H groups in total. The molecule has 0 saturated heterocycles. The van der Waals surface area contributed by atoms with E-state index in [1.807, 2.05) is 6.92 Å². The summed E-state index contributed by atoms with van der Waals surface area (Å²) in [6.07, 6.45) is 4.93. The zero-order valence-corrected chi connectivity index (χ0v) is 15.0. The van der Waals surface area contributed by atoms with Crippen LogP contribution in [0.25, 0.3) is 5.65 Å². The average molecular weight is 353 g/mol. The molecule has 3 aromatic rings. The van der Waals surface area contributed by atoms with Crippen LogP contribution in [0.1, 0.15) is 26.3 Å². The molecule has 0 radical (unpaired) electrons. The van der Waals surface area contributed by atoms with E-state index in [1.165, 1.54) is 18.2 Å². The van der Waals surface area contributed by atoms with Crippen LogP contribution in [0.3, 0.4) is 0 Å². The molecule has 26 heavy (non-hydrogen) atoms. The summed E-state index contributed by atoms with van der Waals surface area (Å²) < 4.78 is 6.79. The van der Waals surface area contributed by atoms with Crippen LogP contribution >= 0.6 is 0 Å². The van der Waals surface area contributed by atoms with Crippen LogP contribution in [0.2, 0.25) is 0 Å². The number of benzene rings is 1. The molecular formula is C18H19N5O3. The molecule has 0 aliphatic carbocycles.